The first kappa shape index (κ1) is 19.3. The van der Waals surface area contributed by atoms with Gasteiger partial charge in [0.05, 0.1) is 7.11 Å². The Morgan fingerprint density at radius 2 is 2.07 bits per heavy atom. The number of aliphatic imine (C=N–C) groups is 1. The second kappa shape index (κ2) is 8.45. The van der Waals surface area contributed by atoms with Gasteiger partial charge in [-0.2, -0.15) is 0 Å². The summed E-state index contributed by atoms with van der Waals surface area (Å²) in [5, 5.41) is 3.19. The number of carbonyl (C=O) groups excluding carboxylic acids is 2. The maximum absolute atomic E-state index is 12.6. The lowest BCUT2D eigenvalue weighted by Gasteiger charge is -2.29. The Bertz CT molecular complexity index is 903. The lowest BCUT2D eigenvalue weighted by atomic mass is 10.2. The molecule has 27 heavy (non-hydrogen) atoms. The third-order valence-corrected chi connectivity index (χ3v) is 5.43. The number of rotatable bonds is 4. The van der Waals surface area contributed by atoms with E-state index < -0.39 is 5.25 Å². The summed E-state index contributed by atoms with van der Waals surface area (Å²) >= 11 is 7.19. The summed E-state index contributed by atoms with van der Waals surface area (Å²) in [4.78, 5) is 31.0. The van der Waals surface area contributed by atoms with E-state index in [9.17, 15) is 9.59 Å². The topological polar surface area (TPSA) is 71.0 Å². The first-order valence-corrected chi connectivity index (χ1v) is 9.45. The molecule has 2 aromatic rings. The molecule has 2 amide bonds. The van der Waals surface area contributed by atoms with Crippen LogP contribution in [0.15, 0.2) is 53.5 Å². The summed E-state index contributed by atoms with van der Waals surface area (Å²) in [7, 11) is 3.21. The van der Waals surface area contributed by atoms with E-state index in [-0.39, 0.29) is 18.2 Å². The number of halogens is 1. The lowest BCUT2D eigenvalue weighted by Crippen LogP contribution is -2.43. The summed E-state index contributed by atoms with van der Waals surface area (Å²) in [5.74, 6) is 0.155. The molecule has 0 radical (unpaired) electrons. The van der Waals surface area contributed by atoms with Crippen molar-refractivity contribution in [1.29, 1.82) is 0 Å². The van der Waals surface area contributed by atoms with Crippen molar-refractivity contribution < 1.29 is 14.3 Å². The van der Waals surface area contributed by atoms with Gasteiger partial charge in [0.25, 0.3) is 0 Å². The molecule has 1 N–H and O–H groups in total. The van der Waals surface area contributed by atoms with Crippen molar-refractivity contribution >= 4 is 51.7 Å². The van der Waals surface area contributed by atoms with E-state index in [0.717, 1.165) is 0 Å². The molecule has 2 aromatic carbocycles. The number of hydrogen-bond acceptors (Lipinski definition) is 5. The molecule has 1 heterocycles. The highest BCUT2D eigenvalue weighted by molar-refractivity contribution is 8.15. The second-order valence-corrected chi connectivity index (χ2v) is 7.44. The Kier molecular flexibility index (Phi) is 6.03. The number of nitrogens with one attached hydrogen (secondary N) is 1. The van der Waals surface area contributed by atoms with Gasteiger partial charge < -0.3 is 10.1 Å². The summed E-state index contributed by atoms with van der Waals surface area (Å²) in [6, 6.07) is 14.1. The normalized spacial score (nSPS) is 18.5. The van der Waals surface area contributed by atoms with Gasteiger partial charge in [-0.25, -0.2) is 4.99 Å². The molecule has 0 spiro atoms. The number of benzene rings is 2. The van der Waals surface area contributed by atoms with Crippen LogP contribution in [0.4, 0.5) is 11.4 Å². The number of methoxy groups -OCH3 is 1. The number of carbonyl (C=O) groups is 2. The molecule has 140 valence electrons. The first-order valence-electron chi connectivity index (χ1n) is 8.19. The molecule has 0 aromatic heterocycles. The van der Waals surface area contributed by atoms with Crippen LogP contribution >= 0.6 is 23.4 Å². The van der Waals surface area contributed by atoms with Gasteiger partial charge in [-0.05, 0) is 30.3 Å². The minimum Gasteiger partial charge on any atom is -0.494 e. The Hall–Kier alpha value is -2.51. The minimum absolute atomic E-state index is 0.0957. The van der Waals surface area contributed by atoms with Crippen molar-refractivity contribution in [3.8, 4) is 5.75 Å². The van der Waals surface area contributed by atoms with Crippen LogP contribution in [0.25, 0.3) is 0 Å². The van der Waals surface area contributed by atoms with E-state index in [1.165, 1.54) is 16.7 Å². The zero-order chi connectivity index (χ0) is 19.4. The van der Waals surface area contributed by atoms with E-state index in [1.54, 1.807) is 50.6 Å². The molecular weight excluding hydrogens is 386 g/mol. The number of para-hydroxylation sites is 2. The van der Waals surface area contributed by atoms with Gasteiger partial charge in [0.2, 0.25) is 11.8 Å². The van der Waals surface area contributed by atoms with E-state index >= 15 is 0 Å². The second-order valence-electron chi connectivity index (χ2n) is 5.83. The Balaban J connectivity index is 1.81. The van der Waals surface area contributed by atoms with E-state index in [0.29, 0.717) is 27.3 Å². The average Bonchev–Trinajstić information content (AvgIpc) is 2.65. The average molecular weight is 404 g/mol. The highest BCUT2D eigenvalue weighted by Crippen LogP contribution is 2.32. The van der Waals surface area contributed by atoms with Gasteiger partial charge in [0.15, 0.2) is 5.17 Å². The molecule has 1 fully saturated rings. The molecule has 1 aliphatic rings. The Labute approximate surface area is 166 Å². The molecule has 3 rings (SSSR count). The van der Waals surface area contributed by atoms with Crippen molar-refractivity contribution in [2.45, 2.75) is 11.7 Å². The van der Waals surface area contributed by atoms with Crippen LogP contribution in [-0.4, -0.2) is 41.3 Å². The van der Waals surface area contributed by atoms with E-state index in [4.69, 9.17) is 16.3 Å². The van der Waals surface area contributed by atoms with Gasteiger partial charge in [-0.1, -0.05) is 41.6 Å². The fourth-order valence-corrected chi connectivity index (χ4v) is 3.76. The van der Waals surface area contributed by atoms with Gasteiger partial charge in [0.1, 0.15) is 16.7 Å². The van der Waals surface area contributed by atoms with E-state index in [2.05, 4.69) is 10.3 Å². The van der Waals surface area contributed by atoms with Crippen molar-refractivity contribution in [3.63, 3.8) is 0 Å². The van der Waals surface area contributed by atoms with E-state index in [1.807, 2.05) is 12.1 Å². The lowest BCUT2D eigenvalue weighted by molar-refractivity contribution is -0.128. The van der Waals surface area contributed by atoms with Crippen LogP contribution in [0, 0.1) is 0 Å². The summed E-state index contributed by atoms with van der Waals surface area (Å²) < 4.78 is 5.30. The smallest absolute Gasteiger partial charge is 0.238 e. The molecular formula is C19H18ClN3O3S. The van der Waals surface area contributed by atoms with Crippen molar-refractivity contribution in [2.75, 3.05) is 19.5 Å². The largest absolute Gasteiger partial charge is 0.494 e. The Morgan fingerprint density at radius 3 is 2.81 bits per heavy atom. The molecule has 1 saturated heterocycles. The SMILES string of the molecule is COc1ccccc1N=C1S[C@H](C(=O)Nc2cccc(Cl)c2)CC(=O)N1C. The summed E-state index contributed by atoms with van der Waals surface area (Å²) in [5.41, 5.74) is 1.18. The predicted octanol–water partition coefficient (Wildman–Crippen LogP) is 3.94. The highest BCUT2D eigenvalue weighted by Gasteiger charge is 2.34. The fraction of sp³-hybridized carbons (Fsp3) is 0.211. The number of nitrogens with zero attached hydrogens (tertiary/aromatic N) is 2. The molecule has 0 unspecified atom stereocenters. The molecule has 8 heteroatoms. The standard InChI is InChI=1S/C19H18ClN3O3S/c1-23-17(24)11-16(18(25)21-13-7-5-6-12(20)10-13)27-19(23)22-14-8-3-4-9-15(14)26-2/h3-10,16H,11H2,1-2H3,(H,21,25)/t16-/m0/s1. The maximum atomic E-state index is 12.6. The van der Waals surface area contributed by atoms with Crippen LogP contribution < -0.4 is 10.1 Å². The predicted molar refractivity (Wildman–Crippen MR) is 109 cm³/mol. The monoisotopic (exact) mass is 403 g/mol. The molecule has 1 atom stereocenters. The first-order chi connectivity index (χ1) is 13.0. The summed E-state index contributed by atoms with van der Waals surface area (Å²) in [6.07, 6.45) is 0.0957. The number of hydrogen-bond donors (Lipinski definition) is 1. The molecule has 6 nitrogen and oxygen atoms in total. The van der Waals surface area contributed by atoms with Gasteiger partial charge in [0, 0.05) is 24.2 Å². The fourth-order valence-electron chi connectivity index (χ4n) is 2.51. The quantitative estimate of drug-likeness (QED) is 0.839. The van der Waals surface area contributed by atoms with Crippen LogP contribution in [-0.2, 0) is 9.59 Å². The summed E-state index contributed by atoms with van der Waals surface area (Å²) in [6.45, 7) is 0. The number of thioether (sulfide) groups is 1. The zero-order valence-corrected chi connectivity index (χ0v) is 16.4. The number of amides is 2. The van der Waals surface area contributed by atoms with Gasteiger partial charge >= 0.3 is 0 Å². The maximum Gasteiger partial charge on any atom is 0.238 e. The van der Waals surface area contributed by atoms with Gasteiger partial charge in [-0.3, -0.25) is 14.5 Å². The Morgan fingerprint density at radius 1 is 1.30 bits per heavy atom. The van der Waals surface area contributed by atoms with Crippen LogP contribution in [0.5, 0.6) is 5.75 Å². The number of amidine groups is 1. The molecule has 0 bridgehead atoms. The van der Waals surface area contributed by atoms with Crippen LogP contribution in [0.3, 0.4) is 0 Å². The van der Waals surface area contributed by atoms with Crippen LogP contribution in [0.2, 0.25) is 5.02 Å². The van der Waals surface area contributed by atoms with Crippen LogP contribution in [0.1, 0.15) is 6.42 Å². The van der Waals surface area contributed by atoms with Gasteiger partial charge in [-0.15, -0.1) is 0 Å². The van der Waals surface area contributed by atoms with Crippen molar-refractivity contribution in [3.05, 3.63) is 53.6 Å². The third-order valence-electron chi connectivity index (χ3n) is 3.95. The molecule has 1 aliphatic heterocycles. The number of anilines is 1. The highest BCUT2D eigenvalue weighted by atomic mass is 35.5. The molecule has 0 saturated carbocycles. The third kappa shape index (κ3) is 4.61. The zero-order valence-electron chi connectivity index (χ0n) is 14.8. The van der Waals surface area contributed by atoms with Crippen molar-refractivity contribution in [2.24, 2.45) is 4.99 Å². The van der Waals surface area contributed by atoms with Crippen molar-refractivity contribution in [1.82, 2.24) is 4.90 Å². The molecule has 0 aliphatic carbocycles. The minimum atomic E-state index is -0.582. The number of ether oxygens (including phenoxy) is 1.